The number of hydrogen-bond acceptors (Lipinski definition) is 2. The summed E-state index contributed by atoms with van der Waals surface area (Å²) in [6.07, 6.45) is 0. The van der Waals surface area contributed by atoms with E-state index in [0.717, 1.165) is 22.5 Å². The van der Waals surface area contributed by atoms with Gasteiger partial charge in [0.05, 0.1) is 0 Å². The van der Waals surface area contributed by atoms with Crippen molar-refractivity contribution in [1.29, 1.82) is 0 Å². The second-order valence-corrected chi connectivity index (χ2v) is 3.17. The molecule has 2 aromatic rings. The molecule has 0 bridgehead atoms. The van der Waals surface area contributed by atoms with Gasteiger partial charge in [-0.1, -0.05) is 36.4 Å². The van der Waals surface area contributed by atoms with Crippen LogP contribution in [0.25, 0.3) is 11.1 Å². The first-order valence-electron chi connectivity index (χ1n) is 4.48. The monoisotopic (exact) mass is 220 g/mol. The van der Waals surface area contributed by atoms with Gasteiger partial charge in [0.15, 0.2) is 0 Å². The molecule has 0 saturated heterocycles. The molecule has 0 fully saturated rings. The molecule has 0 spiro atoms. The first-order chi connectivity index (χ1) is 6.79. The van der Waals surface area contributed by atoms with E-state index in [-0.39, 0.29) is 12.4 Å². The summed E-state index contributed by atoms with van der Waals surface area (Å²) in [5.41, 5.74) is 15.2. The molecule has 0 aromatic heterocycles. The molecule has 3 heteroatoms. The number of nitrogen functional groups attached to an aromatic ring is 2. The Labute approximate surface area is 95.3 Å². The zero-order valence-electron chi connectivity index (χ0n) is 8.18. The van der Waals surface area contributed by atoms with Gasteiger partial charge in [-0.15, -0.1) is 12.4 Å². The van der Waals surface area contributed by atoms with Gasteiger partial charge in [-0.2, -0.15) is 0 Å². The molecule has 2 rings (SSSR count). The topological polar surface area (TPSA) is 52.0 Å². The van der Waals surface area contributed by atoms with Crippen molar-refractivity contribution < 1.29 is 0 Å². The third-order valence-electron chi connectivity index (χ3n) is 2.21. The van der Waals surface area contributed by atoms with Gasteiger partial charge in [0.2, 0.25) is 0 Å². The molecule has 2 aromatic carbocycles. The first-order valence-corrected chi connectivity index (χ1v) is 4.48. The summed E-state index contributed by atoms with van der Waals surface area (Å²) < 4.78 is 0. The highest BCUT2D eigenvalue weighted by Gasteiger charge is 2.03. The van der Waals surface area contributed by atoms with E-state index in [1.54, 1.807) is 0 Å². The van der Waals surface area contributed by atoms with Gasteiger partial charge in [0, 0.05) is 22.5 Å². The number of benzene rings is 2. The maximum atomic E-state index is 5.87. The van der Waals surface area contributed by atoms with Crippen LogP contribution in [-0.4, -0.2) is 0 Å². The summed E-state index contributed by atoms with van der Waals surface area (Å²) in [4.78, 5) is 0. The molecule has 0 aliphatic heterocycles. The van der Waals surface area contributed by atoms with Crippen LogP contribution >= 0.6 is 12.4 Å². The highest BCUT2D eigenvalue weighted by Crippen LogP contribution is 2.29. The van der Waals surface area contributed by atoms with Crippen molar-refractivity contribution >= 4 is 23.8 Å². The molecule has 0 atom stereocenters. The maximum Gasteiger partial charge on any atom is 0.0394 e. The van der Waals surface area contributed by atoms with Crippen molar-refractivity contribution in [2.75, 3.05) is 11.5 Å². The Hall–Kier alpha value is -1.67. The molecule has 78 valence electrons. The summed E-state index contributed by atoms with van der Waals surface area (Å²) in [5, 5.41) is 0. The Morgan fingerprint density at radius 3 is 1.27 bits per heavy atom. The van der Waals surface area contributed by atoms with Crippen LogP contribution in [0.4, 0.5) is 11.4 Å². The number of nitrogens with two attached hydrogens (primary N) is 2. The zero-order chi connectivity index (χ0) is 9.97. The van der Waals surface area contributed by atoms with Gasteiger partial charge in [0.25, 0.3) is 0 Å². The summed E-state index contributed by atoms with van der Waals surface area (Å²) in [6, 6.07) is 15.4. The first kappa shape index (κ1) is 11.4. The van der Waals surface area contributed by atoms with E-state index in [9.17, 15) is 0 Å². The van der Waals surface area contributed by atoms with E-state index in [4.69, 9.17) is 11.5 Å². The standard InChI is InChI=1S/C12H12N2.ClH/c13-11-7-3-1-5-9(11)10-6-2-4-8-12(10)14;/h1-8H,13-14H2;1H. The lowest BCUT2D eigenvalue weighted by molar-refractivity contribution is 1.60. The Balaban J connectivity index is 0.00000112. The number of hydrogen-bond donors (Lipinski definition) is 2. The van der Waals surface area contributed by atoms with Crippen molar-refractivity contribution in [3.05, 3.63) is 48.5 Å². The van der Waals surface area contributed by atoms with Gasteiger partial charge in [-0.3, -0.25) is 0 Å². The highest BCUT2D eigenvalue weighted by molar-refractivity contribution is 5.85. The molecule has 0 aliphatic carbocycles. The quantitative estimate of drug-likeness (QED) is 0.726. The fraction of sp³-hybridized carbons (Fsp3) is 0. The van der Waals surface area contributed by atoms with Crippen molar-refractivity contribution in [3.63, 3.8) is 0 Å². The number of anilines is 2. The fourth-order valence-corrected chi connectivity index (χ4v) is 1.48. The smallest absolute Gasteiger partial charge is 0.0394 e. The maximum absolute atomic E-state index is 5.87. The van der Waals surface area contributed by atoms with E-state index in [1.165, 1.54) is 0 Å². The fourth-order valence-electron chi connectivity index (χ4n) is 1.48. The molecule has 0 unspecified atom stereocenters. The van der Waals surface area contributed by atoms with Crippen LogP contribution in [0, 0.1) is 0 Å². The minimum absolute atomic E-state index is 0. The number of halogens is 1. The predicted molar refractivity (Wildman–Crippen MR) is 68.0 cm³/mol. The van der Waals surface area contributed by atoms with Crippen LogP contribution < -0.4 is 11.5 Å². The molecular formula is C12H13ClN2. The normalized spacial score (nSPS) is 9.33. The van der Waals surface area contributed by atoms with Gasteiger partial charge in [-0.25, -0.2) is 0 Å². The second-order valence-electron chi connectivity index (χ2n) is 3.17. The summed E-state index contributed by atoms with van der Waals surface area (Å²) in [5.74, 6) is 0. The van der Waals surface area contributed by atoms with Crippen molar-refractivity contribution in [2.45, 2.75) is 0 Å². The van der Waals surface area contributed by atoms with E-state index in [2.05, 4.69) is 0 Å². The average Bonchev–Trinajstić information content (AvgIpc) is 2.20. The lowest BCUT2D eigenvalue weighted by Gasteiger charge is -2.07. The van der Waals surface area contributed by atoms with E-state index in [1.807, 2.05) is 48.5 Å². The van der Waals surface area contributed by atoms with Crippen LogP contribution in [0.15, 0.2) is 48.5 Å². The van der Waals surface area contributed by atoms with E-state index >= 15 is 0 Å². The van der Waals surface area contributed by atoms with Crippen LogP contribution in [0.3, 0.4) is 0 Å². The molecule has 0 heterocycles. The van der Waals surface area contributed by atoms with Gasteiger partial charge >= 0.3 is 0 Å². The Morgan fingerprint density at radius 2 is 0.933 bits per heavy atom. The van der Waals surface area contributed by atoms with E-state index in [0.29, 0.717) is 0 Å². The molecule has 0 radical (unpaired) electrons. The molecule has 4 N–H and O–H groups in total. The SMILES string of the molecule is Cl.Nc1ccccc1-c1ccccc1N. The molecule has 0 amide bonds. The Bertz CT molecular complexity index is 411. The Morgan fingerprint density at radius 1 is 0.600 bits per heavy atom. The third-order valence-corrected chi connectivity index (χ3v) is 2.21. The number of rotatable bonds is 1. The van der Waals surface area contributed by atoms with Crippen LogP contribution in [0.5, 0.6) is 0 Å². The summed E-state index contributed by atoms with van der Waals surface area (Å²) >= 11 is 0. The summed E-state index contributed by atoms with van der Waals surface area (Å²) in [6.45, 7) is 0. The largest absolute Gasteiger partial charge is 0.398 e. The van der Waals surface area contributed by atoms with Crippen molar-refractivity contribution in [3.8, 4) is 11.1 Å². The molecular weight excluding hydrogens is 208 g/mol. The molecule has 2 nitrogen and oxygen atoms in total. The summed E-state index contributed by atoms with van der Waals surface area (Å²) in [7, 11) is 0. The number of para-hydroxylation sites is 2. The molecule has 15 heavy (non-hydrogen) atoms. The van der Waals surface area contributed by atoms with Crippen LogP contribution in [0.1, 0.15) is 0 Å². The zero-order valence-corrected chi connectivity index (χ0v) is 9.00. The van der Waals surface area contributed by atoms with Crippen LogP contribution in [0.2, 0.25) is 0 Å². The molecule has 0 saturated carbocycles. The minimum Gasteiger partial charge on any atom is -0.398 e. The average molecular weight is 221 g/mol. The lowest BCUT2D eigenvalue weighted by Crippen LogP contribution is -1.93. The van der Waals surface area contributed by atoms with E-state index < -0.39 is 0 Å². The molecule has 0 aliphatic rings. The van der Waals surface area contributed by atoms with Crippen LogP contribution in [-0.2, 0) is 0 Å². The van der Waals surface area contributed by atoms with Crippen molar-refractivity contribution in [2.24, 2.45) is 0 Å². The van der Waals surface area contributed by atoms with Gasteiger partial charge in [0.1, 0.15) is 0 Å². The van der Waals surface area contributed by atoms with Gasteiger partial charge < -0.3 is 11.5 Å². The third kappa shape index (κ3) is 2.22. The highest BCUT2D eigenvalue weighted by atomic mass is 35.5. The van der Waals surface area contributed by atoms with Crippen molar-refractivity contribution in [1.82, 2.24) is 0 Å². The van der Waals surface area contributed by atoms with Gasteiger partial charge in [-0.05, 0) is 12.1 Å². The minimum atomic E-state index is 0. The lowest BCUT2D eigenvalue weighted by atomic mass is 10.0. The Kier molecular flexibility index (Phi) is 3.58. The second kappa shape index (κ2) is 4.71. The predicted octanol–water partition coefficient (Wildman–Crippen LogP) is 2.94.